The van der Waals surface area contributed by atoms with Crippen LogP contribution < -0.4 is 4.80 Å². The number of rotatable bonds is 5. The molecule has 1 aromatic heterocycles. The molecule has 1 saturated heterocycles. The molecule has 10 heteroatoms. The Bertz CT molecular complexity index is 1360. The normalized spacial score (nSPS) is 15.9. The van der Waals surface area contributed by atoms with Crippen LogP contribution in [0.3, 0.4) is 0 Å². The van der Waals surface area contributed by atoms with Crippen LogP contribution >= 0.6 is 11.3 Å². The highest BCUT2D eigenvalue weighted by molar-refractivity contribution is 7.89. The molecule has 0 saturated carbocycles. The summed E-state index contributed by atoms with van der Waals surface area (Å²) in [6.45, 7) is 0.700. The lowest BCUT2D eigenvalue weighted by atomic mass is 9.98. The molecule has 4 rings (SSSR count). The van der Waals surface area contributed by atoms with Crippen molar-refractivity contribution in [1.29, 1.82) is 5.26 Å². The van der Waals surface area contributed by atoms with Gasteiger partial charge in [-0.2, -0.15) is 14.6 Å². The van der Waals surface area contributed by atoms with Gasteiger partial charge < -0.3 is 4.57 Å². The van der Waals surface area contributed by atoms with Gasteiger partial charge in [0.25, 0.3) is 5.91 Å². The van der Waals surface area contributed by atoms with E-state index in [-0.39, 0.29) is 42.2 Å². The van der Waals surface area contributed by atoms with E-state index >= 15 is 0 Å². The van der Waals surface area contributed by atoms with Crippen molar-refractivity contribution < 1.29 is 17.6 Å². The molecule has 0 bridgehead atoms. The second-order valence-electron chi connectivity index (χ2n) is 7.67. The molecule has 33 heavy (non-hydrogen) atoms. The van der Waals surface area contributed by atoms with Crippen molar-refractivity contribution in [2.75, 3.05) is 13.1 Å². The summed E-state index contributed by atoms with van der Waals surface area (Å²) < 4.78 is 42.8. The minimum atomic E-state index is -3.69. The number of hydrogen-bond donors (Lipinski definition) is 0. The van der Waals surface area contributed by atoms with Gasteiger partial charge in [0.1, 0.15) is 5.82 Å². The molecule has 0 atom stereocenters. The maximum Gasteiger partial charge on any atom is 0.251 e. The monoisotopic (exact) mass is 484 g/mol. The number of carbonyl (C=O) groups excluding carboxylic acids is 1. The Hall–Kier alpha value is -3.13. The molecule has 0 aliphatic carbocycles. The SMILES string of the molecule is N#Cc1ccc(S(=O)(=O)N2CCC(C(=O)N=c3sccn3Cc3ccccc3F)CC2)cc1. The molecular formula is C23H21FN4O3S2. The highest BCUT2D eigenvalue weighted by Gasteiger charge is 2.32. The highest BCUT2D eigenvalue weighted by atomic mass is 32.2. The van der Waals surface area contributed by atoms with Gasteiger partial charge in [0, 0.05) is 36.1 Å². The number of aromatic nitrogens is 1. The molecular weight excluding hydrogens is 463 g/mol. The van der Waals surface area contributed by atoms with Crippen LogP contribution in [0.2, 0.25) is 0 Å². The summed E-state index contributed by atoms with van der Waals surface area (Å²) in [6, 6.07) is 14.2. The number of nitrogens with zero attached hydrogens (tertiary/aromatic N) is 4. The molecule has 0 radical (unpaired) electrons. The second-order valence-corrected chi connectivity index (χ2v) is 10.5. The fraction of sp³-hybridized carbons (Fsp3) is 0.261. The Kier molecular flexibility index (Phi) is 6.83. The third-order valence-electron chi connectivity index (χ3n) is 5.59. The summed E-state index contributed by atoms with van der Waals surface area (Å²) in [5.41, 5.74) is 0.895. The van der Waals surface area contributed by atoms with Gasteiger partial charge in [-0.15, -0.1) is 11.3 Å². The van der Waals surface area contributed by atoms with Gasteiger partial charge in [0.2, 0.25) is 10.0 Å². The first-order valence-electron chi connectivity index (χ1n) is 10.3. The molecule has 1 aliphatic rings. The van der Waals surface area contributed by atoms with Crippen LogP contribution in [0.5, 0.6) is 0 Å². The number of hydrogen-bond acceptors (Lipinski definition) is 5. The number of benzene rings is 2. The number of thiazole rings is 1. The molecule has 0 unspecified atom stereocenters. The van der Waals surface area contributed by atoms with E-state index in [9.17, 15) is 17.6 Å². The lowest BCUT2D eigenvalue weighted by Gasteiger charge is -2.29. The number of nitriles is 1. The smallest absolute Gasteiger partial charge is 0.251 e. The predicted molar refractivity (Wildman–Crippen MR) is 121 cm³/mol. The molecule has 1 fully saturated rings. The largest absolute Gasteiger partial charge is 0.319 e. The molecule has 7 nitrogen and oxygen atoms in total. The van der Waals surface area contributed by atoms with E-state index in [1.165, 1.54) is 46.0 Å². The highest BCUT2D eigenvalue weighted by Crippen LogP contribution is 2.25. The Morgan fingerprint density at radius 2 is 1.85 bits per heavy atom. The molecule has 2 aromatic carbocycles. The predicted octanol–water partition coefficient (Wildman–Crippen LogP) is 3.14. The molecule has 1 aliphatic heterocycles. The van der Waals surface area contributed by atoms with Crippen molar-refractivity contribution in [3.63, 3.8) is 0 Å². The zero-order valence-electron chi connectivity index (χ0n) is 17.6. The third-order valence-corrected chi connectivity index (χ3v) is 8.30. The molecule has 1 amide bonds. The quantitative estimate of drug-likeness (QED) is 0.556. The van der Waals surface area contributed by atoms with Gasteiger partial charge in [0.05, 0.1) is 23.1 Å². The Morgan fingerprint density at radius 1 is 1.15 bits per heavy atom. The fourth-order valence-corrected chi connectivity index (χ4v) is 5.90. The number of sulfonamides is 1. The molecule has 0 spiro atoms. The van der Waals surface area contributed by atoms with Gasteiger partial charge in [0.15, 0.2) is 4.80 Å². The van der Waals surface area contributed by atoms with Crippen molar-refractivity contribution >= 4 is 27.3 Å². The van der Waals surface area contributed by atoms with E-state index in [1.807, 2.05) is 6.07 Å². The van der Waals surface area contributed by atoms with Crippen molar-refractivity contribution in [2.24, 2.45) is 10.9 Å². The average molecular weight is 485 g/mol. The van der Waals surface area contributed by atoms with Crippen molar-refractivity contribution in [1.82, 2.24) is 8.87 Å². The molecule has 2 heterocycles. The minimum Gasteiger partial charge on any atom is -0.319 e. The molecule has 0 N–H and O–H groups in total. The first-order chi connectivity index (χ1) is 15.9. The van der Waals surface area contributed by atoms with Crippen LogP contribution in [-0.2, 0) is 21.4 Å². The number of amides is 1. The van der Waals surface area contributed by atoms with Crippen LogP contribution in [0.25, 0.3) is 0 Å². The zero-order valence-corrected chi connectivity index (χ0v) is 19.2. The van der Waals surface area contributed by atoms with Gasteiger partial charge >= 0.3 is 0 Å². The first kappa shape index (κ1) is 23.0. The minimum absolute atomic E-state index is 0.128. The molecule has 170 valence electrons. The summed E-state index contributed by atoms with van der Waals surface area (Å²) >= 11 is 1.30. The second kappa shape index (κ2) is 9.79. The Balaban J connectivity index is 1.43. The summed E-state index contributed by atoms with van der Waals surface area (Å²) in [7, 11) is -3.69. The lowest BCUT2D eigenvalue weighted by molar-refractivity contribution is -0.122. The number of piperidine rings is 1. The zero-order chi connectivity index (χ0) is 23.4. The van der Waals surface area contributed by atoms with Crippen molar-refractivity contribution in [3.8, 4) is 6.07 Å². The lowest BCUT2D eigenvalue weighted by Crippen LogP contribution is -2.40. The third kappa shape index (κ3) is 5.11. The standard InChI is InChI=1S/C23H21FN4O3S2/c24-21-4-2-1-3-19(21)16-27-13-14-32-23(27)26-22(29)18-9-11-28(12-10-18)33(30,31)20-7-5-17(15-25)6-8-20/h1-8,13-14,18H,9-12,16H2. The van der Waals surface area contributed by atoms with Crippen LogP contribution in [0.15, 0.2) is 70.0 Å². The van der Waals surface area contributed by atoms with Gasteiger partial charge in [-0.25, -0.2) is 12.8 Å². The van der Waals surface area contributed by atoms with E-state index < -0.39 is 10.0 Å². The average Bonchev–Trinajstić information content (AvgIpc) is 3.27. The topological polar surface area (TPSA) is 95.5 Å². The van der Waals surface area contributed by atoms with Gasteiger partial charge in [-0.05, 0) is 43.2 Å². The van der Waals surface area contributed by atoms with E-state index in [0.29, 0.717) is 28.8 Å². The maximum absolute atomic E-state index is 14.0. The van der Waals surface area contributed by atoms with Crippen LogP contribution in [0.4, 0.5) is 4.39 Å². The van der Waals surface area contributed by atoms with E-state index in [1.54, 1.807) is 34.3 Å². The summed E-state index contributed by atoms with van der Waals surface area (Å²) in [5.74, 6) is -0.985. The first-order valence-corrected chi connectivity index (χ1v) is 12.7. The Morgan fingerprint density at radius 3 is 2.52 bits per heavy atom. The van der Waals surface area contributed by atoms with Crippen molar-refractivity contribution in [2.45, 2.75) is 24.3 Å². The van der Waals surface area contributed by atoms with Crippen LogP contribution in [-0.4, -0.2) is 36.3 Å². The van der Waals surface area contributed by atoms with E-state index in [2.05, 4.69) is 4.99 Å². The van der Waals surface area contributed by atoms with Crippen LogP contribution in [0.1, 0.15) is 24.0 Å². The molecule has 3 aromatic rings. The van der Waals surface area contributed by atoms with E-state index in [0.717, 1.165) is 0 Å². The summed E-state index contributed by atoms with van der Waals surface area (Å²) in [4.78, 5) is 17.7. The van der Waals surface area contributed by atoms with Gasteiger partial charge in [-0.1, -0.05) is 18.2 Å². The number of halogens is 1. The van der Waals surface area contributed by atoms with Crippen LogP contribution in [0, 0.1) is 23.1 Å². The van der Waals surface area contributed by atoms with E-state index in [4.69, 9.17) is 5.26 Å². The van der Waals surface area contributed by atoms with Gasteiger partial charge in [-0.3, -0.25) is 4.79 Å². The maximum atomic E-state index is 14.0. The number of carbonyl (C=O) groups is 1. The summed E-state index contributed by atoms with van der Waals surface area (Å²) in [6.07, 6.45) is 2.50. The summed E-state index contributed by atoms with van der Waals surface area (Å²) in [5, 5.41) is 10.7. The Labute approximate surface area is 195 Å². The van der Waals surface area contributed by atoms with Crippen molar-refractivity contribution in [3.05, 3.63) is 81.9 Å². The fourth-order valence-electron chi connectivity index (χ4n) is 3.70.